The summed E-state index contributed by atoms with van der Waals surface area (Å²) >= 11 is 0. The lowest BCUT2D eigenvalue weighted by atomic mass is 10.2. The molecule has 2 aliphatic rings. The van der Waals surface area contributed by atoms with Crippen molar-refractivity contribution in [2.24, 2.45) is 4.99 Å². The van der Waals surface area contributed by atoms with Gasteiger partial charge in [-0.2, -0.15) is 0 Å². The maximum atomic E-state index is 5.43. The van der Waals surface area contributed by atoms with Crippen LogP contribution >= 0.6 is 0 Å². The van der Waals surface area contributed by atoms with E-state index in [9.17, 15) is 0 Å². The fourth-order valence-corrected chi connectivity index (χ4v) is 3.35. The van der Waals surface area contributed by atoms with Crippen molar-refractivity contribution in [1.29, 1.82) is 0 Å². The van der Waals surface area contributed by atoms with Crippen LogP contribution in [0.1, 0.15) is 19.4 Å². The molecule has 7 heteroatoms. The van der Waals surface area contributed by atoms with Gasteiger partial charge in [0.15, 0.2) is 17.5 Å². The lowest BCUT2D eigenvalue weighted by molar-refractivity contribution is 0.107. The first kappa shape index (κ1) is 18.8. The van der Waals surface area contributed by atoms with E-state index in [2.05, 4.69) is 39.3 Å². The molecular weight excluding hydrogens is 330 g/mol. The molecular formula is C19H31N5O2. The zero-order valence-electron chi connectivity index (χ0n) is 16.1. The van der Waals surface area contributed by atoms with E-state index in [0.717, 1.165) is 62.3 Å². The van der Waals surface area contributed by atoms with Gasteiger partial charge in [0.1, 0.15) is 0 Å². The van der Waals surface area contributed by atoms with Gasteiger partial charge in [0.2, 0.25) is 6.79 Å². The smallest absolute Gasteiger partial charge is 0.231 e. The van der Waals surface area contributed by atoms with Crippen LogP contribution in [-0.2, 0) is 6.54 Å². The third kappa shape index (κ3) is 4.80. The second kappa shape index (κ2) is 9.09. The largest absolute Gasteiger partial charge is 0.454 e. The van der Waals surface area contributed by atoms with E-state index in [4.69, 9.17) is 9.47 Å². The summed E-state index contributed by atoms with van der Waals surface area (Å²) in [6.45, 7) is 12.1. The molecule has 1 saturated heterocycles. The van der Waals surface area contributed by atoms with Gasteiger partial charge < -0.3 is 25.0 Å². The van der Waals surface area contributed by atoms with Crippen LogP contribution in [0.3, 0.4) is 0 Å². The second-order valence-electron chi connectivity index (χ2n) is 6.81. The first-order chi connectivity index (χ1) is 12.7. The molecule has 1 unspecified atom stereocenters. The third-order valence-electron chi connectivity index (χ3n) is 5.16. The Labute approximate surface area is 156 Å². The zero-order valence-corrected chi connectivity index (χ0v) is 16.1. The highest BCUT2D eigenvalue weighted by Gasteiger charge is 2.20. The summed E-state index contributed by atoms with van der Waals surface area (Å²) < 4.78 is 10.8. The Morgan fingerprint density at radius 2 is 1.92 bits per heavy atom. The van der Waals surface area contributed by atoms with Gasteiger partial charge in [-0.15, -0.1) is 0 Å². The van der Waals surface area contributed by atoms with Crippen molar-refractivity contribution in [3.63, 3.8) is 0 Å². The van der Waals surface area contributed by atoms with Gasteiger partial charge in [0.05, 0.1) is 0 Å². The first-order valence-electron chi connectivity index (χ1n) is 9.49. The fraction of sp³-hybridized carbons (Fsp3) is 0.632. The molecule has 26 heavy (non-hydrogen) atoms. The molecule has 1 atom stereocenters. The summed E-state index contributed by atoms with van der Waals surface area (Å²) in [7, 11) is 1.81. The van der Waals surface area contributed by atoms with Crippen molar-refractivity contribution in [3.8, 4) is 11.5 Å². The quantitative estimate of drug-likeness (QED) is 0.585. The molecule has 0 radical (unpaired) electrons. The van der Waals surface area contributed by atoms with E-state index in [1.165, 1.54) is 0 Å². The number of aliphatic imine (C=N–C) groups is 1. The fourth-order valence-electron chi connectivity index (χ4n) is 3.35. The minimum absolute atomic E-state index is 0.305. The normalized spacial score (nSPS) is 19.4. The van der Waals surface area contributed by atoms with E-state index < -0.39 is 0 Å². The van der Waals surface area contributed by atoms with E-state index in [1.54, 1.807) is 7.05 Å². The van der Waals surface area contributed by atoms with Crippen LogP contribution < -0.4 is 20.1 Å². The summed E-state index contributed by atoms with van der Waals surface area (Å²) in [5.74, 6) is 2.45. The van der Waals surface area contributed by atoms with E-state index >= 15 is 0 Å². The average Bonchev–Trinajstić information content (AvgIpc) is 3.15. The molecule has 0 amide bonds. The summed E-state index contributed by atoms with van der Waals surface area (Å²) in [6, 6.07) is 6.49. The van der Waals surface area contributed by atoms with Gasteiger partial charge >= 0.3 is 0 Å². The number of likely N-dealkylation sites (N-methyl/N-ethyl adjacent to an activating group) is 1. The van der Waals surface area contributed by atoms with Gasteiger partial charge in [-0.25, -0.2) is 0 Å². The molecule has 0 aliphatic carbocycles. The first-order valence-corrected chi connectivity index (χ1v) is 9.49. The number of piperazine rings is 1. The van der Waals surface area contributed by atoms with Crippen molar-refractivity contribution in [3.05, 3.63) is 23.8 Å². The van der Waals surface area contributed by atoms with Crippen LogP contribution in [0.4, 0.5) is 0 Å². The van der Waals surface area contributed by atoms with Crippen LogP contribution in [0.15, 0.2) is 23.2 Å². The lowest BCUT2D eigenvalue weighted by Crippen LogP contribution is -2.53. The van der Waals surface area contributed by atoms with Crippen LogP contribution in [0, 0.1) is 0 Å². The number of guanidine groups is 1. The topological polar surface area (TPSA) is 61.4 Å². The van der Waals surface area contributed by atoms with Crippen molar-refractivity contribution in [1.82, 2.24) is 20.4 Å². The van der Waals surface area contributed by atoms with Crippen LogP contribution in [0.5, 0.6) is 11.5 Å². The monoisotopic (exact) mass is 361 g/mol. The molecule has 0 saturated carbocycles. The Hall–Kier alpha value is -1.99. The lowest BCUT2D eigenvalue weighted by Gasteiger charge is -2.37. The molecule has 2 N–H and O–H groups in total. The highest BCUT2D eigenvalue weighted by Crippen LogP contribution is 2.32. The van der Waals surface area contributed by atoms with Gasteiger partial charge in [-0.1, -0.05) is 13.0 Å². The predicted octanol–water partition coefficient (Wildman–Crippen LogP) is 1.11. The molecule has 0 bridgehead atoms. The molecule has 1 fully saturated rings. The number of nitrogens with one attached hydrogen (secondary N) is 2. The van der Waals surface area contributed by atoms with Crippen molar-refractivity contribution in [2.45, 2.75) is 26.4 Å². The maximum absolute atomic E-state index is 5.43. The Morgan fingerprint density at radius 1 is 1.15 bits per heavy atom. The van der Waals surface area contributed by atoms with Gasteiger partial charge in [-0.05, 0) is 31.2 Å². The molecule has 1 aromatic carbocycles. The Kier molecular flexibility index (Phi) is 6.57. The minimum Gasteiger partial charge on any atom is -0.454 e. The Balaban J connectivity index is 1.42. The molecule has 7 nitrogen and oxygen atoms in total. The van der Waals surface area contributed by atoms with Crippen molar-refractivity contribution >= 4 is 5.96 Å². The summed E-state index contributed by atoms with van der Waals surface area (Å²) in [6.07, 6.45) is 0. The molecule has 0 aromatic heterocycles. The van der Waals surface area contributed by atoms with Crippen molar-refractivity contribution < 1.29 is 9.47 Å². The highest BCUT2D eigenvalue weighted by molar-refractivity contribution is 5.79. The summed E-state index contributed by atoms with van der Waals surface area (Å²) in [4.78, 5) is 9.38. The average molecular weight is 361 g/mol. The number of rotatable bonds is 6. The van der Waals surface area contributed by atoms with E-state index in [-0.39, 0.29) is 0 Å². The maximum Gasteiger partial charge on any atom is 0.231 e. The predicted molar refractivity (Wildman–Crippen MR) is 104 cm³/mol. The van der Waals surface area contributed by atoms with Crippen LogP contribution in [-0.4, -0.2) is 74.9 Å². The van der Waals surface area contributed by atoms with Crippen LogP contribution in [0.25, 0.3) is 0 Å². The molecule has 1 aromatic rings. The molecule has 0 spiro atoms. The SMILES string of the molecule is CCN1CCN(C(C)CNC(=NC)NCc2ccc3c(c2)OCO3)CC1. The van der Waals surface area contributed by atoms with Gasteiger partial charge in [-0.3, -0.25) is 9.89 Å². The molecule has 2 aliphatic heterocycles. The molecule has 2 heterocycles. The van der Waals surface area contributed by atoms with E-state index in [0.29, 0.717) is 19.4 Å². The number of nitrogens with zero attached hydrogens (tertiary/aromatic N) is 3. The number of fused-ring (bicyclic) bond motifs is 1. The number of ether oxygens (including phenoxy) is 2. The highest BCUT2D eigenvalue weighted by atomic mass is 16.7. The second-order valence-corrected chi connectivity index (χ2v) is 6.81. The standard InChI is InChI=1S/C19H31N5O2/c1-4-23-7-9-24(10-8-23)15(2)12-21-19(20-3)22-13-16-5-6-17-18(11-16)26-14-25-17/h5-6,11,15H,4,7-10,12-14H2,1-3H3,(H2,20,21,22). The minimum atomic E-state index is 0.305. The van der Waals surface area contributed by atoms with Crippen LogP contribution in [0.2, 0.25) is 0 Å². The Bertz CT molecular complexity index is 614. The van der Waals surface area contributed by atoms with E-state index in [1.807, 2.05) is 18.2 Å². The summed E-state index contributed by atoms with van der Waals surface area (Å²) in [5.41, 5.74) is 1.14. The van der Waals surface area contributed by atoms with Crippen molar-refractivity contribution in [2.75, 3.05) is 53.1 Å². The Morgan fingerprint density at radius 3 is 2.65 bits per heavy atom. The third-order valence-corrected chi connectivity index (χ3v) is 5.16. The molecule has 144 valence electrons. The number of benzene rings is 1. The number of hydrogen-bond acceptors (Lipinski definition) is 5. The molecule has 3 rings (SSSR count). The summed E-state index contributed by atoms with van der Waals surface area (Å²) in [5, 5.41) is 6.81. The zero-order chi connectivity index (χ0) is 18.4. The van der Waals surface area contributed by atoms with Gasteiger partial charge in [0, 0.05) is 52.4 Å². The number of hydrogen-bond donors (Lipinski definition) is 2. The van der Waals surface area contributed by atoms with Gasteiger partial charge in [0.25, 0.3) is 0 Å².